The minimum absolute atomic E-state index is 0.135. The molecular weight excluding hydrogens is 300 g/mol. The number of piperazine rings is 1. The highest BCUT2D eigenvalue weighted by Gasteiger charge is 2.32. The molecular formula is C20H24N2O2. The Hall–Kier alpha value is -2.33. The Labute approximate surface area is 143 Å². The lowest BCUT2D eigenvalue weighted by atomic mass is 10.1. The fraction of sp³-hybridized carbons (Fsp3) is 0.350. The monoisotopic (exact) mass is 324 g/mol. The number of anilines is 1. The number of ether oxygens (including phenoxy) is 1. The van der Waals surface area contributed by atoms with Crippen LogP contribution in [0.1, 0.15) is 18.1 Å². The molecule has 0 aromatic heterocycles. The summed E-state index contributed by atoms with van der Waals surface area (Å²) in [5.74, 6) is 1.02. The SMILES string of the molecule is COc1cccc(CN2CCN(c3ccccc3C)C(=O)[C@H]2C)c1. The molecule has 1 atom stereocenters. The molecule has 1 aliphatic heterocycles. The van der Waals surface area contributed by atoms with Gasteiger partial charge >= 0.3 is 0 Å². The van der Waals surface area contributed by atoms with Crippen LogP contribution in [0.15, 0.2) is 48.5 Å². The molecule has 1 fully saturated rings. The van der Waals surface area contributed by atoms with Crippen LogP contribution in [0.3, 0.4) is 0 Å². The van der Waals surface area contributed by atoms with Crippen LogP contribution in [0.2, 0.25) is 0 Å². The average Bonchev–Trinajstić information content (AvgIpc) is 2.60. The van der Waals surface area contributed by atoms with Crippen LogP contribution in [0.25, 0.3) is 0 Å². The molecule has 0 unspecified atom stereocenters. The zero-order chi connectivity index (χ0) is 17.1. The second-order valence-corrected chi connectivity index (χ2v) is 6.27. The van der Waals surface area contributed by atoms with Crippen molar-refractivity contribution in [1.82, 2.24) is 4.90 Å². The fourth-order valence-corrected chi connectivity index (χ4v) is 3.24. The number of carbonyl (C=O) groups excluding carboxylic acids is 1. The topological polar surface area (TPSA) is 32.8 Å². The van der Waals surface area contributed by atoms with E-state index in [-0.39, 0.29) is 11.9 Å². The quantitative estimate of drug-likeness (QED) is 0.865. The Kier molecular flexibility index (Phi) is 4.86. The predicted octanol–water partition coefficient (Wildman–Crippen LogP) is 3.24. The Balaban J connectivity index is 1.74. The number of rotatable bonds is 4. The summed E-state index contributed by atoms with van der Waals surface area (Å²) >= 11 is 0. The summed E-state index contributed by atoms with van der Waals surface area (Å²) in [4.78, 5) is 17.0. The first-order valence-corrected chi connectivity index (χ1v) is 8.34. The van der Waals surface area contributed by atoms with Gasteiger partial charge in [-0.2, -0.15) is 0 Å². The first-order chi connectivity index (χ1) is 11.6. The van der Waals surface area contributed by atoms with Gasteiger partial charge in [-0.25, -0.2) is 0 Å². The molecule has 4 heteroatoms. The van der Waals surface area contributed by atoms with Crippen LogP contribution in [-0.4, -0.2) is 37.0 Å². The summed E-state index contributed by atoms with van der Waals surface area (Å²) in [6.07, 6.45) is 0. The van der Waals surface area contributed by atoms with Gasteiger partial charge in [0, 0.05) is 25.3 Å². The van der Waals surface area contributed by atoms with E-state index in [1.54, 1.807) is 7.11 Å². The molecule has 0 spiro atoms. The maximum absolute atomic E-state index is 12.9. The smallest absolute Gasteiger partial charge is 0.244 e. The average molecular weight is 324 g/mol. The van der Waals surface area contributed by atoms with Crippen molar-refractivity contribution in [3.63, 3.8) is 0 Å². The van der Waals surface area contributed by atoms with Gasteiger partial charge in [0.05, 0.1) is 13.2 Å². The van der Waals surface area contributed by atoms with Crippen molar-refractivity contribution in [1.29, 1.82) is 0 Å². The van der Waals surface area contributed by atoms with E-state index in [1.165, 1.54) is 5.56 Å². The maximum Gasteiger partial charge on any atom is 0.244 e. The number of hydrogen-bond acceptors (Lipinski definition) is 3. The van der Waals surface area contributed by atoms with E-state index in [4.69, 9.17) is 4.74 Å². The van der Waals surface area contributed by atoms with E-state index in [0.29, 0.717) is 0 Å². The van der Waals surface area contributed by atoms with Crippen molar-refractivity contribution in [2.45, 2.75) is 26.4 Å². The van der Waals surface area contributed by atoms with Crippen LogP contribution in [-0.2, 0) is 11.3 Å². The van der Waals surface area contributed by atoms with Gasteiger partial charge in [0.1, 0.15) is 5.75 Å². The number of hydrogen-bond donors (Lipinski definition) is 0. The molecule has 1 amide bonds. The molecule has 0 bridgehead atoms. The van der Waals surface area contributed by atoms with Gasteiger partial charge in [0.2, 0.25) is 5.91 Å². The molecule has 1 aliphatic rings. The summed E-state index contributed by atoms with van der Waals surface area (Å²) in [7, 11) is 1.67. The van der Waals surface area contributed by atoms with Crippen molar-refractivity contribution in [2.75, 3.05) is 25.1 Å². The van der Waals surface area contributed by atoms with Crippen molar-refractivity contribution < 1.29 is 9.53 Å². The number of amides is 1. The van der Waals surface area contributed by atoms with Gasteiger partial charge in [-0.3, -0.25) is 9.69 Å². The normalized spacial score (nSPS) is 18.7. The second kappa shape index (κ2) is 7.05. The van der Waals surface area contributed by atoms with Gasteiger partial charge < -0.3 is 9.64 Å². The highest BCUT2D eigenvalue weighted by Crippen LogP contribution is 2.25. The van der Waals surface area contributed by atoms with Crippen LogP contribution in [0.5, 0.6) is 5.75 Å². The molecule has 0 saturated carbocycles. The van der Waals surface area contributed by atoms with Crippen LogP contribution in [0.4, 0.5) is 5.69 Å². The minimum Gasteiger partial charge on any atom is -0.497 e. The van der Waals surface area contributed by atoms with Crippen molar-refractivity contribution in [3.05, 3.63) is 59.7 Å². The Bertz CT molecular complexity index is 729. The maximum atomic E-state index is 12.9. The van der Waals surface area contributed by atoms with Gasteiger partial charge in [-0.1, -0.05) is 30.3 Å². The lowest BCUT2D eigenvalue weighted by Gasteiger charge is -2.39. The zero-order valence-electron chi connectivity index (χ0n) is 14.5. The third-order valence-electron chi connectivity index (χ3n) is 4.71. The first kappa shape index (κ1) is 16.5. The van der Waals surface area contributed by atoms with Gasteiger partial charge in [-0.15, -0.1) is 0 Å². The molecule has 24 heavy (non-hydrogen) atoms. The predicted molar refractivity (Wildman–Crippen MR) is 96.4 cm³/mol. The number of carbonyl (C=O) groups is 1. The lowest BCUT2D eigenvalue weighted by molar-refractivity contribution is -0.125. The standard InChI is InChI=1S/C20H24N2O2/c1-15-7-4-5-10-19(15)22-12-11-21(16(2)20(22)23)14-17-8-6-9-18(13-17)24-3/h4-10,13,16H,11-12,14H2,1-3H3/t16-/m1/s1. The molecule has 3 rings (SSSR count). The van der Waals surface area contributed by atoms with Gasteiger partial charge in [0.15, 0.2) is 0 Å². The van der Waals surface area contributed by atoms with E-state index in [9.17, 15) is 4.79 Å². The minimum atomic E-state index is -0.135. The van der Waals surface area contributed by atoms with E-state index in [1.807, 2.05) is 48.2 Å². The Morgan fingerprint density at radius 3 is 2.67 bits per heavy atom. The lowest BCUT2D eigenvalue weighted by Crippen LogP contribution is -2.55. The second-order valence-electron chi connectivity index (χ2n) is 6.27. The van der Waals surface area contributed by atoms with Gasteiger partial charge in [-0.05, 0) is 43.2 Å². The summed E-state index contributed by atoms with van der Waals surface area (Å²) in [5, 5.41) is 0. The van der Waals surface area contributed by atoms with E-state index < -0.39 is 0 Å². The van der Waals surface area contributed by atoms with Gasteiger partial charge in [0.25, 0.3) is 0 Å². The number of aryl methyl sites for hydroxylation is 1. The summed E-state index contributed by atoms with van der Waals surface area (Å²) in [6.45, 7) is 6.38. The van der Waals surface area contributed by atoms with Crippen molar-refractivity contribution >= 4 is 11.6 Å². The zero-order valence-corrected chi connectivity index (χ0v) is 14.5. The number of benzene rings is 2. The summed E-state index contributed by atoms with van der Waals surface area (Å²) in [6, 6.07) is 16.0. The summed E-state index contributed by atoms with van der Waals surface area (Å²) < 4.78 is 5.29. The third kappa shape index (κ3) is 3.29. The number of para-hydroxylation sites is 1. The molecule has 1 heterocycles. The molecule has 4 nitrogen and oxygen atoms in total. The van der Waals surface area contributed by atoms with E-state index in [0.717, 1.165) is 36.6 Å². The number of methoxy groups -OCH3 is 1. The Morgan fingerprint density at radius 2 is 1.92 bits per heavy atom. The number of nitrogens with zero attached hydrogens (tertiary/aromatic N) is 2. The molecule has 2 aromatic rings. The fourth-order valence-electron chi connectivity index (χ4n) is 3.24. The molecule has 0 aliphatic carbocycles. The largest absolute Gasteiger partial charge is 0.497 e. The molecule has 1 saturated heterocycles. The molecule has 0 radical (unpaired) electrons. The Morgan fingerprint density at radius 1 is 1.12 bits per heavy atom. The van der Waals surface area contributed by atoms with Crippen molar-refractivity contribution in [3.8, 4) is 5.75 Å². The molecule has 126 valence electrons. The van der Waals surface area contributed by atoms with E-state index >= 15 is 0 Å². The summed E-state index contributed by atoms with van der Waals surface area (Å²) in [5.41, 5.74) is 3.33. The van der Waals surface area contributed by atoms with Crippen LogP contribution in [0, 0.1) is 6.92 Å². The van der Waals surface area contributed by atoms with Crippen LogP contribution >= 0.6 is 0 Å². The first-order valence-electron chi connectivity index (χ1n) is 8.34. The van der Waals surface area contributed by atoms with E-state index in [2.05, 4.69) is 24.0 Å². The van der Waals surface area contributed by atoms with Crippen LogP contribution < -0.4 is 9.64 Å². The molecule has 0 N–H and O–H groups in total. The highest BCUT2D eigenvalue weighted by molar-refractivity contribution is 5.98. The third-order valence-corrected chi connectivity index (χ3v) is 4.71. The highest BCUT2D eigenvalue weighted by atomic mass is 16.5. The molecule has 2 aromatic carbocycles. The van der Waals surface area contributed by atoms with Crippen molar-refractivity contribution in [2.24, 2.45) is 0 Å².